The van der Waals surface area contributed by atoms with Crippen LogP contribution in [0.5, 0.6) is 0 Å². The zero-order valence-electron chi connectivity index (χ0n) is 17.3. The van der Waals surface area contributed by atoms with Crippen molar-refractivity contribution in [3.8, 4) is 0 Å². The SMILES string of the molecule is CC[C@]12Cc3cc4c(cc3[C@H](C1)OB(c1ccccc1)O2)C(=O)c1ccccc1C4=O. The molecule has 5 heteroatoms. The lowest BCUT2D eigenvalue weighted by Gasteiger charge is -2.48. The van der Waals surface area contributed by atoms with Crippen molar-refractivity contribution >= 4 is 24.1 Å². The molecule has 1 fully saturated rings. The van der Waals surface area contributed by atoms with Crippen LogP contribution in [0.3, 0.4) is 0 Å². The molecule has 0 unspecified atom stereocenters. The van der Waals surface area contributed by atoms with Gasteiger partial charge >= 0.3 is 7.12 Å². The van der Waals surface area contributed by atoms with E-state index in [4.69, 9.17) is 9.31 Å². The number of rotatable bonds is 2. The lowest BCUT2D eigenvalue weighted by atomic mass is 9.67. The normalized spacial score (nSPS) is 23.8. The van der Waals surface area contributed by atoms with Crippen molar-refractivity contribution in [1.82, 2.24) is 0 Å². The van der Waals surface area contributed by atoms with Gasteiger partial charge < -0.3 is 9.31 Å². The van der Waals surface area contributed by atoms with Crippen molar-refractivity contribution in [2.24, 2.45) is 0 Å². The molecule has 3 aromatic carbocycles. The fraction of sp³-hybridized carbons (Fsp3) is 0.231. The molecule has 152 valence electrons. The van der Waals surface area contributed by atoms with Crippen molar-refractivity contribution in [1.29, 1.82) is 0 Å². The van der Waals surface area contributed by atoms with E-state index in [1.807, 2.05) is 42.5 Å². The molecule has 0 radical (unpaired) electrons. The summed E-state index contributed by atoms with van der Waals surface area (Å²) in [5.74, 6) is -0.176. The fourth-order valence-corrected chi connectivity index (χ4v) is 5.25. The quantitative estimate of drug-likeness (QED) is 0.470. The number of benzene rings is 3. The van der Waals surface area contributed by atoms with Crippen molar-refractivity contribution in [3.63, 3.8) is 0 Å². The minimum absolute atomic E-state index is 0.0849. The van der Waals surface area contributed by atoms with E-state index in [-0.39, 0.29) is 23.3 Å². The number of hydrogen-bond acceptors (Lipinski definition) is 4. The van der Waals surface area contributed by atoms with E-state index < -0.39 is 7.12 Å². The first-order valence-electron chi connectivity index (χ1n) is 10.8. The van der Waals surface area contributed by atoms with E-state index in [1.165, 1.54) is 0 Å². The van der Waals surface area contributed by atoms with E-state index in [0.717, 1.165) is 29.4 Å². The van der Waals surface area contributed by atoms with E-state index in [0.29, 0.717) is 28.7 Å². The lowest BCUT2D eigenvalue weighted by Crippen LogP contribution is -2.55. The third-order valence-electron chi connectivity index (χ3n) is 6.96. The van der Waals surface area contributed by atoms with Gasteiger partial charge in [0.2, 0.25) is 0 Å². The summed E-state index contributed by atoms with van der Waals surface area (Å²) in [4.78, 5) is 26.4. The summed E-state index contributed by atoms with van der Waals surface area (Å²) in [5.41, 5.74) is 4.64. The van der Waals surface area contributed by atoms with Gasteiger partial charge in [-0.1, -0.05) is 61.5 Å². The Morgan fingerprint density at radius 3 is 2.23 bits per heavy atom. The molecule has 1 saturated heterocycles. The van der Waals surface area contributed by atoms with Gasteiger partial charge in [-0.05, 0) is 35.1 Å². The first-order valence-corrected chi connectivity index (χ1v) is 10.8. The number of fused-ring (bicyclic) bond motifs is 6. The third-order valence-corrected chi connectivity index (χ3v) is 6.96. The molecule has 0 N–H and O–H groups in total. The van der Waals surface area contributed by atoms with Gasteiger partial charge in [-0.15, -0.1) is 0 Å². The summed E-state index contributed by atoms with van der Waals surface area (Å²) in [5, 5.41) is 0. The highest BCUT2D eigenvalue weighted by atomic mass is 16.6. The zero-order valence-corrected chi connectivity index (χ0v) is 17.3. The Balaban J connectivity index is 1.47. The van der Waals surface area contributed by atoms with Crippen LogP contribution in [0.4, 0.5) is 0 Å². The zero-order chi connectivity index (χ0) is 21.2. The van der Waals surface area contributed by atoms with E-state index >= 15 is 0 Å². The van der Waals surface area contributed by atoms with E-state index in [2.05, 4.69) is 6.92 Å². The molecule has 0 saturated carbocycles. The van der Waals surface area contributed by atoms with E-state index in [9.17, 15) is 9.59 Å². The van der Waals surface area contributed by atoms with Crippen molar-refractivity contribution < 1.29 is 18.9 Å². The Labute approximate surface area is 181 Å². The summed E-state index contributed by atoms with van der Waals surface area (Å²) < 4.78 is 12.9. The van der Waals surface area contributed by atoms with Gasteiger partial charge in [0.05, 0.1) is 11.7 Å². The molecular formula is C26H21BO4. The predicted octanol–water partition coefficient (Wildman–Crippen LogP) is 4.04. The van der Waals surface area contributed by atoms with Gasteiger partial charge in [-0.2, -0.15) is 0 Å². The molecule has 0 spiro atoms. The molecule has 3 aliphatic rings. The largest absolute Gasteiger partial charge is 0.494 e. The number of carbonyl (C=O) groups is 2. The summed E-state index contributed by atoms with van der Waals surface area (Å²) in [6.45, 7) is 2.14. The molecule has 2 aliphatic carbocycles. The van der Waals surface area contributed by atoms with Crippen LogP contribution in [0.2, 0.25) is 0 Å². The smallest absolute Gasteiger partial charge is 0.401 e. The summed E-state index contributed by atoms with van der Waals surface area (Å²) in [7, 11) is -0.442. The number of carbonyl (C=O) groups excluding carboxylic acids is 2. The van der Waals surface area contributed by atoms with Crippen molar-refractivity contribution in [2.75, 3.05) is 0 Å². The maximum Gasteiger partial charge on any atom is 0.494 e. The number of ketones is 2. The van der Waals surface area contributed by atoms with Gasteiger partial charge in [0, 0.05) is 35.1 Å². The van der Waals surface area contributed by atoms with Gasteiger partial charge in [-0.3, -0.25) is 9.59 Å². The van der Waals surface area contributed by atoms with Crippen LogP contribution in [-0.2, 0) is 15.7 Å². The maximum absolute atomic E-state index is 13.2. The van der Waals surface area contributed by atoms with Gasteiger partial charge in [-0.25, -0.2) is 0 Å². The second-order valence-electron chi connectivity index (χ2n) is 8.70. The molecule has 4 nitrogen and oxygen atoms in total. The topological polar surface area (TPSA) is 52.6 Å². The average Bonchev–Trinajstić information content (AvgIpc) is 2.82. The first kappa shape index (κ1) is 18.7. The molecule has 1 heterocycles. The molecule has 0 aromatic heterocycles. The summed E-state index contributed by atoms with van der Waals surface area (Å²) >= 11 is 0. The maximum atomic E-state index is 13.2. The van der Waals surface area contributed by atoms with E-state index in [1.54, 1.807) is 24.3 Å². The Morgan fingerprint density at radius 1 is 0.903 bits per heavy atom. The van der Waals surface area contributed by atoms with Gasteiger partial charge in [0.15, 0.2) is 11.6 Å². The lowest BCUT2D eigenvalue weighted by molar-refractivity contribution is -0.0658. The van der Waals surface area contributed by atoms with Crippen molar-refractivity contribution in [3.05, 3.63) is 100 Å². The molecule has 0 amide bonds. The van der Waals surface area contributed by atoms with Gasteiger partial charge in [0.1, 0.15) is 0 Å². The Bertz CT molecular complexity index is 1240. The Morgan fingerprint density at radius 2 is 1.55 bits per heavy atom. The monoisotopic (exact) mass is 408 g/mol. The van der Waals surface area contributed by atoms with Crippen LogP contribution in [-0.4, -0.2) is 24.3 Å². The van der Waals surface area contributed by atoms with Crippen LogP contribution < -0.4 is 5.46 Å². The average molecular weight is 408 g/mol. The molecule has 2 atom stereocenters. The molecule has 6 rings (SSSR count). The second-order valence-corrected chi connectivity index (χ2v) is 8.70. The predicted molar refractivity (Wildman–Crippen MR) is 118 cm³/mol. The highest BCUT2D eigenvalue weighted by Gasteiger charge is 2.49. The first-order chi connectivity index (χ1) is 15.1. The highest BCUT2D eigenvalue weighted by Crippen LogP contribution is 2.47. The van der Waals surface area contributed by atoms with Crippen LogP contribution in [0.25, 0.3) is 0 Å². The molecule has 31 heavy (non-hydrogen) atoms. The molecule has 3 aromatic rings. The standard InChI is InChI=1S/C26H21BO4/c1-2-26-14-16-12-21-22(25(29)19-11-7-6-10-18(19)24(21)28)13-20(16)23(15-26)30-27(31-26)17-8-4-3-5-9-17/h3-13,23H,2,14-15H2,1H3/t23-,26-/m0/s1. The summed E-state index contributed by atoms with van der Waals surface area (Å²) in [6, 6.07) is 20.9. The minimum atomic E-state index is -0.442. The molecule has 1 aliphatic heterocycles. The van der Waals surface area contributed by atoms with Crippen LogP contribution >= 0.6 is 0 Å². The summed E-state index contributed by atoms with van der Waals surface area (Å²) in [6.07, 6.45) is 2.13. The van der Waals surface area contributed by atoms with Crippen LogP contribution in [0.1, 0.15) is 68.8 Å². The molecule has 2 bridgehead atoms. The minimum Gasteiger partial charge on any atom is -0.401 e. The van der Waals surface area contributed by atoms with Crippen LogP contribution in [0.15, 0.2) is 66.7 Å². The fourth-order valence-electron chi connectivity index (χ4n) is 5.25. The second kappa shape index (κ2) is 6.74. The van der Waals surface area contributed by atoms with Gasteiger partial charge in [0.25, 0.3) is 0 Å². The molecular weight excluding hydrogens is 387 g/mol. The van der Waals surface area contributed by atoms with Crippen molar-refractivity contribution in [2.45, 2.75) is 37.9 Å². The third kappa shape index (κ3) is 2.77. The Kier molecular flexibility index (Phi) is 4.07. The number of hydrogen-bond donors (Lipinski definition) is 0. The highest BCUT2D eigenvalue weighted by molar-refractivity contribution is 6.61. The Hall–Kier alpha value is -3.02. The van der Waals surface area contributed by atoms with Crippen LogP contribution in [0, 0.1) is 0 Å².